The van der Waals surface area contributed by atoms with Crippen LogP contribution in [0.1, 0.15) is 0 Å². The molecule has 15 heavy (non-hydrogen) atoms. The summed E-state index contributed by atoms with van der Waals surface area (Å²) in [5.74, 6) is -2.07. The van der Waals surface area contributed by atoms with Crippen LogP contribution in [0.2, 0.25) is 0 Å². The SMILES string of the molecule is NCC(CN1CCOCC1=O)C(F)(F)F. The predicted octanol–water partition coefficient (Wildman–Crippen LogP) is -0.0176. The van der Waals surface area contributed by atoms with Gasteiger partial charge in [0.15, 0.2) is 0 Å². The first kappa shape index (κ1) is 12.3. The summed E-state index contributed by atoms with van der Waals surface area (Å²) in [7, 11) is 0. The van der Waals surface area contributed by atoms with Crippen LogP contribution in [0, 0.1) is 5.92 Å². The van der Waals surface area contributed by atoms with Crippen molar-refractivity contribution in [3.8, 4) is 0 Å². The van der Waals surface area contributed by atoms with Gasteiger partial charge in [-0.2, -0.15) is 13.2 Å². The van der Waals surface area contributed by atoms with Crippen LogP contribution in [0.25, 0.3) is 0 Å². The molecular formula is C8H13F3N2O2. The zero-order valence-electron chi connectivity index (χ0n) is 8.09. The Bertz CT molecular complexity index is 232. The third kappa shape index (κ3) is 3.35. The number of carbonyl (C=O) groups excluding carboxylic acids is 1. The van der Waals surface area contributed by atoms with Crippen LogP contribution in [-0.4, -0.2) is 49.8 Å². The van der Waals surface area contributed by atoms with Crippen LogP contribution >= 0.6 is 0 Å². The van der Waals surface area contributed by atoms with E-state index in [4.69, 9.17) is 10.5 Å². The molecule has 0 aromatic carbocycles. The Morgan fingerprint density at radius 2 is 2.20 bits per heavy atom. The summed E-state index contributed by atoms with van der Waals surface area (Å²) in [5.41, 5.74) is 5.03. The molecule has 0 aromatic rings. The molecule has 0 aromatic heterocycles. The molecule has 4 nitrogen and oxygen atoms in total. The second-order valence-corrected chi connectivity index (χ2v) is 3.37. The van der Waals surface area contributed by atoms with Crippen molar-refractivity contribution in [3.63, 3.8) is 0 Å². The first-order valence-electron chi connectivity index (χ1n) is 4.57. The Labute approximate surface area is 85.2 Å². The molecule has 1 rings (SSSR count). The third-order valence-corrected chi connectivity index (χ3v) is 2.27. The molecular weight excluding hydrogens is 213 g/mol. The Balaban J connectivity index is 2.54. The number of morpholine rings is 1. The third-order valence-electron chi connectivity index (χ3n) is 2.27. The summed E-state index contributed by atoms with van der Waals surface area (Å²) < 4.78 is 41.9. The number of rotatable bonds is 3. The van der Waals surface area contributed by atoms with E-state index >= 15 is 0 Å². The summed E-state index contributed by atoms with van der Waals surface area (Å²) in [4.78, 5) is 12.3. The first-order chi connectivity index (χ1) is 6.95. The number of alkyl halides is 3. The molecule has 1 aliphatic rings. The lowest BCUT2D eigenvalue weighted by atomic mass is 10.1. The van der Waals surface area contributed by atoms with Gasteiger partial charge in [-0.3, -0.25) is 4.79 Å². The van der Waals surface area contributed by atoms with Gasteiger partial charge in [0.1, 0.15) is 6.61 Å². The molecule has 1 amide bonds. The maximum atomic E-state index is 12.4. The van der Waals surface area contributed by atoms with Gasteiger partial charge in [0, 0.05) is 19.6 Å². The summed E-state index contributed by atoms with van der Waals surface area (Å²) in [6, 6.07) is 0. The van der Waals surface area contributed by atoms with Gasteiger partial charge in [0.2, 0.25) is 5.91 Å². The van der Waals surface area contributed by atoms with Crippen LogP contribution in [0.15, 0.2) is 0 Å². The molecule has 0 spiro atoms. The number of amides is 1. The molecule has 1 aliphatic heterocycles. The molecule has 0 aliphatic carbocycles. The van der Waals surface area contributed by atoms with Crippen molar-refractivity contribution >= 4 is 5.91 Å². The van der Waals surface area contributed by atoms with Gasteiger partial charge in [-0.25, -0.2) is 0 Å². The zero-order chi connectivity index (χ0) is 11.5. The number of carbonyl (C=O) groups is 1. The Hall–Kier alpha value is -0.820. The van der Waals surface area contributed by atoms with Crippen molar-refractivity contribution in [2.24, 2.45) is 11.7 Å². The van der Waals surface area contributed by atoms with E-state index in [1.807, 2.05) is 0 Å². The van der Waals surface area contributed by atoms with Crippen molar-refractivity contribution in [1.82, 2.24) is 4.90 Å². The van der Waals surface area contributed by atoms with Crippen LogP contribution in [0.3, 0.4) is 0 Å². The fourth-order valence-electron chi connectivity index (χ4n) is 1.32. The summed E-state index contributed by atoms with van der Waals surface area (Å²) in [6.07, 6.45) is -4.35. The lowest BCUT2D eigenvalue weighted by Crippen LogP contribution is -2.48. The minimum atomic E-state index is -4.35. The van der Waals surface area contributed by atoms with Crippen LogP contribution in [-0.2, 0) is 9.53 Å². The van der Waals surface area contributed by atoms with Crippen LogP contribution in [0.4, 0.5) is 13.2 Å². The number of nitrogens with two attached hydrogens (primary N) is 1. The lowest BCUT2D eigenvalue weighted by molar-refractivity contribution is -0.180. The lowest BCUT2D eigenvalue weighted by Gasteiger charge is -2.30. The topological polar surface area (TPSA) is 55.6 Å². The average Bonchev–Trinajstić information content (AvgIpc) is 2.14. The van der Waals surface area contributed by atoms with E-state index < -0.39 is 24.5 Å². The second-order valence-electron chi connectivity index (χ2n) is 3.37. The second kappa shape index (κ2) is 4.80. The van der Waals surface area contributed by atoms with Crippen molar-refractivity contribution in [1.29, 1.82) is 0 Å². The van der Waals surface area contributed by atoms with E-state index in [0.717, 1.165) is 4.90 Å². The molecule has 88 valence electrons. The van der Waals surface area contributed by atoms with Gasteiger partial charge in [-0.15, -0.1) is 0 Å². The van der Waals surface area contributed by atoms with Crippen molar-refractivity contribution in [3.05, 3.63) is 0 Å². The minimum Gasteiger partial charge on any atom is -0.370 e. The van der Waals surface area contributed by atoms with Gasteiger partial charge in [-0.05, 0) is 0 Å². The fraction of sp³-hybridized carbons (Fsp3) is 0.875. The normalized spacial score (nSPS) is 20.5. The fourth-order valence-corrected chi connectivity index (χ4v) is 1.32. The van der Waals surface area contributed by atoms with Crippen molar-refractivity contribution < 1.29 is 22.7 Å². The highest BCUT2D eigenvalue weighted by Gasteiger charge is 2.40. The van der Waals surface area contributed by atoms with E-state index in [9.17, 15) is 18.0 Å². The molecule has 0 radical (unpaired) electrons. The van der Waals surface area contributed by atoms with Gasteiger partial charge in [-0.1, -0.05) is 0 Å². The molecule has 1 heterocycles. The summed E-state index contributed by atoms with van der Waals surface area (Å²) >= 11 is 0. The van der Waals surface area contributed by atoms with Gasteiger partial charge in [0.25, 0.3) is 0 Å². The maximum absolute atomic E-state index is 12.4. The van der Waals surface area contributed by atoms with Crippen molar-refractivity contribution in [2.45, 2.75) is 6.18 Å². The van der Waals surface area contributed by atoms with Crippen molar-refractivity contribution in [2.75, 3.05) is 32.8 Å². The molecule has 1 fully saturated rings. The first-order valence-corrected chi connectivity index (χ1v) is 4.57. The number of hydrogen-bond donors (Lipinski definition) is 1. The highest BCUT2D eigenvalue weighted by molar-refractivity contribution is 5.78. The Morgan fingerprint density at radius 1 is 1.53 bits per heavy atom. The largest absolute Gasteiger partial charge is 0.394 e. The molecule has 1 saturated heterocycles. The standard InChI is InChI=1S/C8H13F3N2O2/c9-8(10,11)6(3-12)4-13-1-2-15-5-7(13)14/h6H,1-5,12H2. The summed E-state index contributed by atoms with van der Waals surface area (Å²) in [5, 5.41) is 0. The molecule has 0 saturated carbocycles. The molecule has 1 unspecified atom stereocenters. The summed E-state index contributed by atoms with van der Waals surface area (Å²) in [6.45, 7) is -0.544. The Kier molecular flexibility index (Phi) is 3.92. The van der Waals surface area contributed by atoms with E-state index in [0.29, 0.717) is 0 Å². The van der Waals surface area contributed by atoms with Crippen LogP contribution < -0.4 is 5.73 Å². The van der Waals surface area contributed by atoms with E-state index in [1.165, 1.54) is 0 Å². The quantitative estimate of drug-likeness (QED) is 0.736. The molecule has 2 N–H and O–H groups in total. The average molecular weight is 226 g/mol. The van der Waals surface area contributed by atoms with Gasteiger partial charge in [0.05, 0.1) is 12.5 Å². The van der Waals surface area contributed by atoms with Gasteiger partial charge < -0.3 is 15.4 Å². The zero-order valence-corrected chi connectivity index (χ0v) is 8.09. The monoisotopic (exact) mass is 226 g/mol. The smallest absolute Gasteiger partial charge is 0.370 e. The number of nitrogens with zero attached hydrogens (tertiary/aromatic N) is 1. The number of halogens is 3. The van der Waals surface area contributed by atoms with Crippen LogP contribution in [0.5, 0.6) is 0 Å². The predicted molar refractivity (Wildman–Crippen MR) is 46.0 cm³/mol. The highest BCUT2D eigenvalue weighted by Crippen LogP contribution is 2.26. The molecule has 0 bridgehead atoms. The van der Waals surface area contributed by atoms with E-state index in [1.54, 1.807) is 0 Å². The van der Waals surface area contributed by atoms with E-state index in [-0.39, 0.29) is 26.3 Å². The maximum Gasteiger partial charge on any atom is 0.394 e. The minimum absolute atomic E-state index is 0.144. The van der Waals surface area contributed by atoms with Gasteiger partial charge >= 0.3 is 6.18 Å². The molecule has 1 atom stereocenters. The molecule has 7 heteroatoms. The highest BCUT2D eigenvalue weighted by atomic mass is 19.4. The number of ether oxygens (including phenoxy) is 1. The van der Waals surface area contributed by atoms with E-state index in [2.05, 4.69) is 0 Å². The number of hydrogen-bond acceptors (Lipinski definition) is 3. The Morgan fingerprint density at radius 3 is 2.67 bits per heavy atom.